The van der Waals surface area contributed by atoms with Crippen LogP contribution in [0.1, 0.15) is 52.0 Å². The molecule has 3 aromatic carbocycles. The lowest BCUT2D eigenvalue weighted by Crippen LogP contribution is -2.26. The molecule has 0 radical (unpaired) electrons. The zero-order valence-corrected chi connectivity index (χ0v) is 23.0. The minimum absolute atomic E-state index is 0.114. The Balaban J connectivity index is 1.22. The predicted molar refractivity (Wildman–Crippen MR) is 152 cm³/mol. The first kappa shape index (κ1) is 25.8. The number of rotatable bonds is 9. The molecule has 1 N–H and O–H groups in total. The number of ether oxygens (including phenoxy) is 2. The molecule has 0 amide bonds. The maximum absolute atomic E-state index is 13.9. The van der Waals surface area contributed by atoms with Crippen molar-refractivity contribution in [2.75, 3.05) is 19.6 Å². The molecular formula is C32H32FNO4S. The largest absolute Gasteiger partial charge is 0.508 e. The van der Waals surface area contributed by atoms with Gasteiger partial charge in [-0.1, -0.05) is 12.8 Å². The molecule has 0 bridgehead atoms. The number of aryl methyl sites for hydroxylation is 2. The highest BCUT2D eigenvalue weighted by molar-refractivity contribution is 7.21. The van der Waals surface area contributed by atoms with Crippen molar-refractivity contribution in [2.45, 2.75) is 45.6 Å². The zero-order chi connectivity index (χ0) is 27.1. The highest BCUT2D eigenvalue weighted by Crippen LogP contribution is 2.43. The fourth-order valence-electron chi connectivity index (χ4n) is 5.46. The molecule has 202 valence electrons. The van der Waals surface area contributed by atoms with Gasteiger partial charge in [-0.15, -0.1) is 11.3 Å². The second-order valence-electron chi connectivity index (χ2n) is 10.8. The van der Waals surface area contributed by atoms with E-state index in [1.807, 2.05) is 24.3 Å². The summed E-state index contributed by atoms with van der Waals surface area (Å²) in [6, 6.07) is 15.2. The molecule has 5 nitrogen and oxygen atoms in total. The molecule has 2 heterocycles. The minimum atomic E-state index is -0.370. The highest BCUT2D eigenvalue weighted by Gasteiger charge is 2.28. The third kappa shape index (κ3) is 5.65. The van der Waals surface area contributed by atoms with Crippen LogP contribution < -0.4 is 9.47 Å². The SMILES string of the molecule is Cc1cc(F)cc(C)c1C(=O)c1sc2cc(O)ccc2c1Oc1ccc(O[C@@H]2CCN(CCC3CC3)C2)cc1. The highest BCUT2D eigenvalue weighted by atomic mass is 32.1. The van der Waals surface area contributed by atoms with Gasteiger partial charge in [0.05, 0.1) is 0 Å². The number of phenolic OH excluding ortho intramolecular Hbond substituents is 1. The van der Waals surface area contributed by atoms with Gasteiger partial charge in [0.25, 0.3) is 0 Å². The van der Waals surface area contributed by atoms with Crippen molar-refractivity contribution in [2.24, 2.45) is 5.92 Å². The van der Waals surface area contributed by atoms with E-state index in [1.165, 1.54) is 49.3 Å². The molecular weight excluding hydrogens is 513 g/mol. The number of aromatic hydroxyl groups is 1. The van der Waals surface area contributed by atoms with Crippen LogP contribution in [0.15, 0.2) is 54.6 Å². The summed E-state index contributed by atoms with van der Waals surface area (Å²) < 4.78 is 27.2. The van der Waals surface area contributed by atoms with E-state index in [-0.39, 0.29) is 23.5 Å². The van der Waals surface area contributed by atoms with Gasteiger partial charge in [0, 0.05) is 28.7 Å². The standard InChI is InChI=1S/C32H32FNO4S/c1-19-15-22(33)16-20(2)29(19)30(36)32-31(27-10-5-23(35)17-28(27)39-32)38-25-8-6-24(7-9-25)37-26-12-14-34(18-26)13-11-21-3-4-21/h5-10,15-17,21,26,35H,3-4,11-14,18H2,1-2H3/t26-/m1/s1. The van der Waals surface area contributed by atoms with Crippen molar-refractivity contribution in [3.63, 3.8) is 0 Å². The fraction of sp³-hybridized carbons (Fsp3) is 0.344. The summed E-state index contributed by atoms with van der Waals surface area (Å²) in [5.41, 5.74) is 1.61. The number of nitrogens with zero attached hydrogens (tertiary/aromatic N) is 1. The van der Waals surface area contributed by atoms with E-state index in [9.17, 15) is 14.3 Å². The summed E-state index contributed by atoms with van der Waals surface area (Å²) in [5, 5.41) is 10.8. The lowest BCUT2D eigenvalue weighted by molar-refractivity contribution is 0.103. The number of carbonyl (C=O) groups is 1. The second-order valence-corrected chi connectivity index (χ2v) is 11.9. The molecule has 2 aliphatic rings. The van der Waals surface area contributed by atoms with E-state index in [2.05, 4.69) is 4.90 Å². The van der Waals surface area contributed by atoms with Crippen LogP contribution in [0.2, 0.25) is 0 Å². The number of ketones is 1. The van der Waals surface area contributed by atoms with Crippen molar-refractivity contribution in [1.29, 1.82) is 0 Å². The summed E-state index contributed by atoms with van der Waals surface area (Å²) in [5.74, 6) is 2.27. The molecule has 1 saturated heterocycles. The maximum Gasteiger partial charge on any atom is 0.207 e. The number of hydrogen-bond donors (Lipinski definition) is 1. The molecule has 39 heavy (non-hydrogen) atoms. The predicted octanol–water partition coefficient (Wildman–Crippen LogP) is 7.64. The molecule has 0 spiro atoms. The zero-order valence-electron chi connectivity index (χ0n) is 22.2. The quantitative estimate of drug-likeness (QED) is 0.219. The molecule has 7 heteroatoms. The third-order valence-corrected chi connectivity index (χ3v) is 8.82. The average Bonchev–Trinajstić information content (AvgIpc) is 3.52. The Labute approximate surface area is 231 Å². The van der Waals surface area contributed by atoms with Gasteiger partial charge in [-0.2, -0.15) is 0 Å². The molecule has 1 aliphatic carbocycles. The maximum atomic E-state index is 13.9. The lowest BCUT2D eigenvalue weighted by atomic mass is 9.97. The lowest BCUT2D eigenvalue weighted by Gasteiger charge is -2.17. The first-order chi connectivity index (χ1) is 18.8. The Morgan fingerprint density at radius 3 is 2.46 bits per heavy atom. The van der Waals surface area contributed by atoms with Crippen molar-refractivity contribution >= 4 is 27.2 Å². The number of halogens is 1. The number of benzene rings is 3. The minimum Gasteiger partial charge on any atom is -0.508 e. The number of thiophene rings is 1. The van der Waals surface area contributed by atoms with Gasteiger partial charge in [-0.05, 0) is 105 Å². The van der Waals surface area contributed by atoms with Gasteiger partial charge in [-0.25, -0.2) is 4.39 Å². The normalized spacial score (nSPS) is 17.6. The van der Waals surface area contributed by atoms with Crippen LogP contribution in [-0.4, -0.2) is 41.5 Å². The summed E-state index contributed by atoms with van der Waals surface area (Å²) >= 11 is 1.26. The second kappa shape index (κ2) is 10.6. The van der Waals surface area contributed by atoms with E-state index < -0.39 is 0 Å². The van der Waals surface area contributed by atoms with Gasteiger partial charge in [0.2, 0.25) is 5.78 Å². The number of likely N-dealkylation sites (tertiary alicyclic amines) is 1. The Kier molecular flexibility index (Phi) is 7.04. The number of phenols is 1. The van der Waals surface area contributed by atoms with E-state index >= 15 is 0 Å². The molecule has 1 aliphatic heterocycles. The number of carbonyl (C=O) groups excluding carboxylic acids is 1. The van der Waals surface area contributed by atoms with E-state index in [0.717, 1.165) is 41.3 Å². The Hall–Kier alpha value is -3.42. The summed E-state index contributed by atoms with van der Waals surface area (Å²) in [6.07, 6.45) is 5.32. The molecule has 2 fully saturated rings. The summed E-state index contributed by atoms with van der Waals surface area (Å²) in [4.78, 5) is 16.7. The summed E-state index contributed by atoms with van der Waals surface area (Å²) in [6.45, 7) is 6.69. The Bertz CT molecular complexity index is 1500. The van der Waals surface area contributed by atoms with Gasteiger partial charge < -0.3 is 14.6 Å². The third-order valence-electron chi connectivity index (χ3n) is 7.68. The van der Waals surface area contributed by atoms with Crippen LogP contribution in [0.5, 0.6) is 23.0 Å². The van der Waals surface area contributed by atoms with Crippen LogP contribution in [0.25, 0.3) is 10.1 Å². The van der Waals surface area contributed by atoms with Gasteiger partial charge in [-0.3, -0.25) is 9.69 Å². The first-order valence-corrected chi connectivity index (χ1v) is 14.4. The molecule has 4 aromatic rings. The van der Waals surface area contributed by atoms with Gasteiger partial charge in [0.1, 0.15) is 34.0 Å². The smallest absolute Gasteiger partial charge is 0.207 e. The van der Waals surface area contributed by atoms with Crippen LogP contribution in [0.3, 0.4) is 0 Å². The number of fused-ring (bicyclic) bond motifs is 1. The van der Waals surface area contributed by atoms with Crippen molar-refractivity contribution in [3.8, 4) is 23.0 Å². The van der Waals surface area contributed by atoms with Crippen LogP contribution in [0.4, 0.5) is 4.39 Å². The van der Waals surface area contributed by atoms with E-state index in [4.69, 9.17) is 9.47 Å². The van der Waals surface area contributed by atoms with Crippen LogP contribution >= 0.6 is 11.3 Å². The van der Waals surface area contributed by atoms with Gasteiger partial charge >= 0.3 is 0 Å². The Morgan fingerprint density at radius 2 is 1.74 bits per heavy atom. The first-order valence-electron chi connectivity index (χ1n) is 13.6. The Morgan fingerprint density at radius 1 is 1.03 bits per heavy atom. The molecule has 1 saturated carbocycles. The monoisotopic (exact) mass is 545 g/mol. The fourth-order valence-corrected chi connectivity index (χ4v) is 6.57. The van der Waals surface area contributed by atoms with Crippen LogP contribution in [-0.2, 0) is 0 Å². The van der Waals surface area contributed by atoms with E-state index in [0.29, 0.717) is 33.1 Å². The van der Waals surface area contributed by atoms with Crippen molar-refractivity contribution < 1.29 is 23.8 Å². The summed E-state index contributed by atoms with van der Waals surface area (Å²) in [7, 11) is 0. The van der Waals surface area contributed by atoms with Crippen molar-refractivity contribution in [3.05, 3.63) is 82.0 Å². The molecule has 6 rings (SSSR count). The topological polar surface area (TPSA) is 59.0 Å². The van der Waals surface area contributed by atoms with Crippen LogP contribution in [0, 0.1) is 25.6 Å². The average molecular weight is 546 g/mol. The van der Waals surface area contributed by atoms with Crippen molar-refractivity contribution in [1.82, 2.24) is 4.90 Å². The molecule has 0 unspecified atom stereocenters. The van der Waals surface area contributed by atoms with Gasteiger partial charge in [0.15, 0.2) is 5.75 Å². The van der Waals surface area contributed by atoms with E-state index in [1.54, 1.807) is 32.0 Å². The number of hydrogen-bond acceptors (Lipinski definition) is 6. The molecule has 1 aromatic heterocycles. The molecule has 1 atom stereocenters.